The number of rotatable bonds is 8. The number of benzene rings is 1. The number of carbonyl (C=O) groups is 1. The summed E-state index contributed by atoms with van der Waals surface area (Å²) in [6.07, 6.45) is 0.811. The molecule has 0 radical (unpaired) electrons. The van der Waals surface area contributed by atoms with Gasteiger partial charge in [0.05, 0.1) is 31.2 Å². The van der Waals surface area contributed by atoms with Crippen molar-refractivity contribution in [2.45, 2.75) is 37.7 Å². The number of aryl methyl sites for hydroxylation is 1. The van der Waals surface area contributed by atoms with Crippen LogP contribution < -0.4 is 9.46 Å². The molecule has 0 aliphatic heterocycles. The maximum absolute atomic E-state index is 13.0. The molecule has 1 saturated carbocycles. The van der Waals surface area contributed by atoms with Gasteiger partial charge in [0.25, 0.3) is 0 Å². The van der Waals surface area contributed by atoms with Crippen LogP contribution in [0.25, 0.3) is 16.2 Å². The Hall–Kier alpha value is -2.54. The van der Waals surface area contributed by atoms with Crippen LogP contribution in [0.2, 0.25) is 0 Å². The Balaban J connectivity index is 1.71. The molecule has 4 rings (SSSR count). The number of carbonyl (C=O) groups excluding carboxylic acids is 1. The molecule has 32 heavy (non-hydrogen) atoms. The minimum atomic E-state index is -3.87. The first kappa shape index (κ1) is 22.6. The second-order valence-electron chi connectivity index (χ2n) is 7.58. The molecule has 10 nitrogen and oxygen atoms in total. The quantitative estimate of drug-likeness (QED) is 0.468. The van der Waals surface area contributed by atoms with E-state index in [9.17, 15) is 18.3 Å². The van der Waals surface area contributed by atoms with Gasteiger partial charge in [-0.2, -0.15) is 0 Å². The summed E-state index contributed by atoms with van der Waals surface area (Å²) in [6, 6.07) is 4.81. The summed E-state index contributed by atoms with van der Waals surface area (Å²) in [7, 11) is -2.46. The van der Waals surface area contributed by atoms with Crippen molar-refractivity contribution in [3.63, 3.8) is 0 Å². The van der Waals surface area contributed by atoms with E-state index in [1.807, 2.05) is 0 Å². The Kier molecular flexibility index (Phi) is 6.21. The first-order chi connectivity index (χ1) is 15.2. The second kappa shape index (κ2) is 8.77. The van der Waals surface area contributed by atoms with Crippen LogP contribution >= 0.6 is 11.3 Å². The van der Waals surface area contributed by atoms with Gasteiger partial charge in [-0.15, -0.1) is 5.10 Å². The van der Waals surface area contributed by atoms with E-state index in [1.165, 1.54) is 17.7 Å². The minimum Gasteiger partial charge on any atom is -0.495 e. The highest BCUT2D eigenvalue weighted by Gasteiger charge is 2.30. The number of aliphatic hydroxyl groups excluding tert-OH is 1. The predicted molar refractivity (Wildman–Crippen MR) is 117 cm³/mol. The van der Waals surface area contributed by atoms with E-state index >= 15 is 0 Å². The van der Waals surface area contributed by atoms with Crippen LogP contribution in [0.4, 0.5) is 0 Å². The first-order valence-corrected chi connectivity index (χ1v) is 12.4. The van der Waals surface area contributed by atoms with E-state index in [-0.39, 0.29) is 40.8 Å². The number of hydrogen-bond acceptors (Lipinski definition) is 9. The summed E-state index contributed by atoms with van der Waals surface area (Å²) >= 11 is 1.10. The molecule has 0 amide bonds. The van der Waals surface area contributed by atoms with Gasteiger partial charge in [-0.05, 0) is 50.8 Å². The van der Waals surface area contributed by atoms with E-state index in [4.69, 9.17) is 9.47 Å². The summed E-state index contributed by atoms with van der Waals surface area (Å²) in [5.41, 5.74) is 1.79. The van der Waals surface area contributed by atoms with Crippen LogP contribution in [0.5, 0.6) is 5.75 Å². The molecular weight excluding hydrogens is 456 g/mol. The standard InChI is InChI=1S/C20H24N4O6S2/c1-4-30-19(26)18-23-24-17(11(2)22-20(24)31-18)13-5-6-15(29-3)16(9-13)32(27,28)21-10-12-7-14(25)8-12/h5-6,9,12,14,21,25H,4,7-8,10H2,1-3H3/t12-,14+. The lowest BCUT2D eigenvalue weighted by Crippen LogP contribution is -2.38. The van der Waals surface area contributed by atoms with Gasteiger partial charge in [-0.3, -0.25) is 0 Å². The SMILES string of the molecule is CCOC(=O)c1nn2c(-c3ccc(OC)c(S(=O)(=O)NC[C@H]4C[C@@H](O)C4)c3)c(C)nc2s1. The zero-order chi connectivity index (χ0) is 23.0. The molecule has 2 aromatic heterocycles. The van der Waals surface area contributed by atoms with Crippen LogP contribution in [-0.2, 0) is 14.8 Å². The fraction of sp³-hybridized carbons (Fsp3) is 0.450. The van der Waals surface area contributed by atoms with Crippen LogP contribution in [0.1, 0.15) is 35.3 Å². The van der Waals surface area contributed by atoms with Crippen molar-refractivity contribution >= 4 is 32.3 Å². The van der Waals surface area contributed by atoms with E-state index < -0.39 is 16.0 Å². The van der Waals surface area contributed by atoms with Gasteiger partial charge < -0.3 is 14.6 Å². The highest BCUT2D eigenvalue weighted by molar-refractivity contribution is 7.89. The molecule has 0 bridgehead atoms. The van der Waals surface area contributed by atoms with Crippen LogP contribution in [0.15, 0.2) is 23.1 Å². The third-order valence-corrected chi connectivity index (χ3v) is 7.66. The Bertz CT molecular complexity index is 1260. The smallest absolute Gasteiger partial charge is 0.369 e. The highest BCUT2D eigenvalue weighted by Crippen LogP contribution is 2.33. The van der Waals surface area contributed by atoms with Crippen molar-refractivity contribution in [1.82, 2.24) is 19.3 Å². The van der Waals surface area contributed by atoms with Crippen molar-refractivity contribution in [3.05, 3.63) is 28.9 Å². The van der Waals surface area contributed by atoms with E-state index in [2.05, 4.69) is 14.8 Å². The number of methoxy groups -OCH3 is 1. The summed E-state index contributed by atoms with van der Waals surface area (Å²) in [6.45, 7) is 3.99. The lowest BCUT2D eigenvalue weighted by molar-refractivity contribution is 0.0453. The molecule has 0 saturated heterocycles. The average Bonchev–Trinajstić information content (AvgIpc) is 3.27. The summed E-state index contributed by atoms with van der Waals surface area (Å²) in [5.74, 6) is -0.212. The monoisotopic (exact) mass is 480 g/mol. The Morgan fingerprint density at radius 3 is 2.78 bits per heavy atom. The zero-order valence-electron chi connectivity index (χ0n) is 17.9. The molecule has 1 aliphatic rings. The van der Waals surface area contributed by atoms with Crippen molar-refractivity contribution in [1.29, 1.82) is 0 Å². The van der Waals surface area contributed by atoms with Gasteiger partial charge in [-0.25, -0.2) is 27.4 Å². The molecule has 1 aliphatic carbocycles. The largest absolute Gasteiger partial charge is 0.495 e. The van der Waals surface area contributed by atoms with Crippen molar-refractivity contribution < 1.29 is 27.8 Å². The molecule has 2 heterocycles. The minimum absolute atomic E-state index is 0.00688. The van der Waals surface area contributed by atoms with E-state index in [0.29, 0.717) is 34.8 Å². The van der Waals surface area contributed by atoms with Crippen LogP contribution in [0, 0.1) is 12.8 Å². The topological polar surface area (TPSA) is 132 Å². The molecule has 1 aromatic carbocycles. The fourth-order valence-electron chi connectivity index (χ4n) is 3.66. The Morgan fingerprint density at radius 1 is 1.38 bits per heavy atom. The summed E-state index contributed by atoms with van der Waals surface area (Å²) in [5, 5.41) is 13.9. The summed E-state index contributed by atoms with van der Waals surface area (Å²) < 4.78 is 40.5. The molecule has 3 aromatic rings. The predicted octanol–water partition coefficient (Wildman–Crippen LogP) is 2.00. The van der Waals surface area contributed by atoms with Crippen molar-refractivity contribution in [2.75, 3.05) is 20.3 Å². The third kappa shape index (κ3) is 4.22. The van der Waals surface area contributed by atoms with Gasteiger partial charge in [-0.1, -0.05) is 11.3 Å². The highest BCUT2D eigenvalue weighted by atomic mass is 32.2. The van der Waals surface area contributed by atoms with Gasteiger partial charge in [0.1, 0.15) is 10.6 Å². The number of esters is 1. The molecule has 0 spiro atoms. The Labute approximate surface area is 189 Å². The number of nitrogens with one attached hydrogen (secondary N) is 1. The molecule has 12 heteroatoms. The molecule has 2 N–H and O–H groups in total. The first-order valence-electron chi connectivity index (χ1n) is 10.1. The number of ether oxygens (including phenoxy) is 2. The maximum atomic E-state index is 13.0. The van der Waals surface area contributed by atoms with E-state index in [1.54, 1.807) is 26.0 Å². The van der Waals surface area contributed by atoms with Gasteiger partial charge in [0.15, 0.2) is 0 Å². The number of hydrogen-bond donors (Lipinski definition) is 2. The third-order valence-electron chi connectivity index (χ3n) is 5.33. The summed E-state index contributed by atoms with van der Waals surface area (Å²) in [4.78, 5) is 17.0. The van der Waals surface area contributed by atoms with Gasteiger partial charge in [0.2, 0.25) is 20.0 Å². The molecular formula is C20H24N4O6S2. The van der Waals surface area contributed by atoms with Crippen molar-refractivity contribution in [2.24, 2.45) is 5.92 Å². The second-order valence-corrected chi connectivity index (χ2v) is 10.3. The lowest BCUT2D eigenvalue weighted by atomic mass is 9.83. The number of imidazole rings is 1. The lowest BCUT2D eigenvalue weighted by Gasteiger charge is -2.31. The Morgan fingerprint density at radius 2 is 2.12 bits per heavy atom. The normalized spacial score (nSPS) is 18.5. The average molecular weight is 481 g/mol. The fourth-order valence-corrected chi connectivity index (χ4v) is 5.81. The molecule has 172 valence electrons. The number of aliphatic hydroxyl groups is 1. The number of nitrogens with zero attached hydrogens (tertiary/aromatic N) is 3. The molecule has 0 unspecified atom stereocenters. The number of aromatic nitrogens is 3. The van der Waals surface area contributed by atoms with Gasteiger partial charge >= 0.3 is 5.97 Å². The van der Waals surface area contributed by atoms with Gasteiger partial charge in [0, 0.05) is 12.1 Å². The number of fused-ring (bicyclic) bond motifs is 1. The number of sulfonamides is 1. The van der Waals surface area contributed by atoms with Crippen LogP contribution in [-0.4, -0.2) is 60.5 Å². The van der Waals surface area contributed by atoms with E-state index in [0.717, 1.165) is 11.3 Å². The van der Waals surface area contributed by atoms with Crippen molar-refractivity contribution in [3.8, 4) is 17.0 Å². The molecule has 1 fully saturated rings. The maximum Gasteiger partial charge on any atom is 0.369 e. The van der Waals surface area contributed by atoms with Crippen LogP contribution in [0.3, 0.4) is 0 Å². The molecule has 0 atom stereocenters. The zero-order valence-corrected chi connectivity index (χ0v) is 19.5.